The first-order valence-corrected chi connectivity index (χ1v) is 10.2. The topological polar surface area (TPSA) is 78.1 Å². The molecule has 1 aliphatic heterocycles. The monoisotopic (exact) mass is 440 g/mol. The van der Waals surface area contributed by atoms with E-state index in [1.165, 1.54) is 0 Å². The summed E-state index contributed by atoms with van der Waals surface area (Å²) in [6.07, 6.45) is 2.13. The number of benzene rings is 2. The summed E-state index contributed by atoms with van der Waals surface area (Å²) in [5.41, 5.74) is 2.48. The molecule has 2 aromatic carbocycles. The van der Waals surface area contributed by atoms with Gasteiger partial charge in [0.2, 0.25) is 5.91 Å². The van der Waals surface area contributed by atoms with Gasteiger partial charge in [0, 0.05) is 29.5 Å². The molecule has 2 amide bonds. The molecule has 3 aromatic rings. The van der Waals surface area contributed by atoms with Crippen LogP contribution in [0.5, 0.6) is 0 Å². The average molecular weight is 441 g/mol. The molecule has 0 radical (unpaired) electrons. The Balaban J connectivity index is 1.35. The predicted octanol–water partition coefficient (Wildman–Crippen LogP) is 3.81. The number of halogens is 1. The largest absolute Gasteiger partial charge is 0.352 e. The number of hydrogen-bond donors (Lipinski definition) is 2. The molecule has 1 unspecified atom stereocenters. The summed E-state index contributed by atoms with van der Waals surface area (Å²) in [5, 5.41) is 2.82. The Morgan fingerprint density at radius 3 is 2.75 bits per heavy atom. The van der Waals surface area contributed by atoms with E-state index in [2.05, 4.69) is 31.2 Å². The van der Waals surface area contributed by atoms with Gasteiger partial charge in [-0.2, -0.15) is 0 Å². The number of hydrogen-bond acceptors (Lipinski definition) is 3. The van der Waals surface area contributed by atoms with Gasteiger partial charge in [-0.1, -0.05) is 28.1 Å². The Morgan fingerprint density at radius 1 is 1.18 bits per heavy atom. The van der Waals surface area contributed by atoms with E-state index in [-0.39, 0.29) is 24.3 Å². The third kappa shape index (κ3) is 3.94. The highest BCUT2D eigenvalue weighted by Crippen LogP contribution is 2.31. The van der Waals surface area contributed by atoms with Gasteiger partial charge >= 0.3 is 0 Å². The van der Waals surface area contributed by atoms with E-state index in [1.807, 2.05) is 41.3 Å². The SMILES string of the molecule is O=C(NCCC(=O)N1CCCC1c1nc2ccccc2[nH]1)c1ccc(Br)cc1. The lowest BCUT2D eigenvalue weighted by Gasteiger charge is -2.23. The summed E-state index contributed by atoms with van der Waals surface area (Å²) in [7, 11) is 0. The lowest BCUT2D eigenvalue weighted by atomic mass is 10.2. The van der Waals surface area contributed by atoms with Crippen LogP contribution in [-0.4, -0.2) is 39.8 Å². The van der Waals surface area contributed by atoms with Crippen LogP contribution < -0.4 is 5.32 Å². The smallest absolute Gasteiger partial charge is 0.251 e. The number of aromatic amines is 1. The van der Waals surface area contributed by atoms with E-state index < -0.39 is 0 Å². The lowest BCUT2D eigenvalue weighted by molar-refractivity contribution is -0.132. The second-order valence-corrected chi connectivity index (χ2v) is 7.81. The molecule has 144 valence electrons. The van der Waals surface area contributed by atoms with E-state index >= 15 is 0 Å². The predicted molar refractivity (Wildman–Crippen MR) is 111 cm³/mol. The molecule has 1 aliphatic rings. The molecule has 28 heavy (non-hydrogen) atoms. The molecule has 2 heterocycles. The van der Waals surface area contributed by atoms with Crippen molar-refractivity contribution < 1.29 is 9.59 Å². The highest BCUT2D eigenvalue weighted by molar-refractivity contribution is 9.10. The van der Waals surface area contributed by atoms with Crippen molar-refractivity contribution in [3.05, 3.63) is 64.4 Å². The first kappa shape index (κ1) is 18.7. The Morgan fingerprint density at radius 2 is 1.96 bits per heavy atom. The number of H-pyrrole nitrogens is 1. The fraction of sp³-hybridized carbons (Fsp3) is 0.286. The van der Waals surface area contributed by atoms with Crippen molar-refractivity contribution in [2.45, 2.75) is 25.3 Å². The van der Waals surface area contributed by atoms with Gasteiger partial charge in [-0.25, -0.2) is 4.98 Å². The molecular formula is C21H21BrN4O2. The summed E-state index contributed by atoms with van der Waals surface area (Å²) in [4.78, 5) is 34.8. The van der Waals surface area contributed by atoms with Gasteiger partial charge < -0.3 is 15.2 Å². The molecule has 0 spiro atoms. The maximum Gasteiger partial charge on any atom is 0.251 e. The fourth-order valence-electron chi connectivity index (χ4n) is 3.61. The average Bonchev–Trinajstić information content (AvgIpc) is 3.35. The standard InChI is InChI=1S/C21H21BrN4O2/c22-15-9-7-14(8-10-15)21(28)23-12-11-19(27)26-13-3-6-18(26)20-24-16-4-1-2-5-17(16)25-20/h1-2,4-5,7-10,18H,3,6,11-13H2,(H,23,28)(H,24,25). The molecule has 2 N–H and O–H groups in total. The number of imidazole rings is 1. The van der Waals surface area contributed by atoms with Crippen molar-refractivity contribution in [1.82, 2.24) is 20.2 Å². The van der Waals surface area contributed by atoms with E-state index in [0.717, 1.165) is 40.7 Å². The number of carbonyl (C=O) groups is 2. The summed E-state index contributed by atoms with van der Waals surface area (Å²) in [6, 6.07) is 15.0. The van der Waals surface area contributed by atoms with Crippen LogP contribution in [0.2, 0.25) is 0 Å². The van der Waals surface area contributed by atoms with Crippen molar-refractivity contribution in [3.8, 4) is 0 Å². The van der Waals surface area contributed by atoms with Crippen molar-refractivity contribution in [1.29, 1.82) is 0 Å². The molecule has 1 fully saturated rings. The fourth-order valence-corrected chi connectivity index (χ4v) is 3.87. The van der Waals surface area contributed by atoms with Crippen LogP contribution in [0.3, 0.4) is 0 Å². The summed E-state index contributed by atoms with van der Waals surface area (Å²) in [5.74, 6) is 0.709. The molecule has 0 aliphatic carbocycles. The second kappa shape index (κ2) is 8.14. The molecule has 7 heteroatoms. The van der Waals surface area contributed by atoms with Crippen molar-refractivity contribution in [3.63, 3.8) is 0 Å². The summed E-state index contributed by atoms with van der Waals surface area (Å²) >= 11 is 3.35. The van der Waals surface area contributed by atoms with Gasteiger partial charge in [0.15, 0.2) is 0 Å². The van der Waals surface area contributed by atoms with Crippen LogP contribution in [0.15, 0.2) is 53.0 Å². The summed E-state index contributed by atoms with van der Waals surface area (Å²) in [6.45, 7) is 1.04. The molecule has 1 saturated heterocycles. The van der Waals surface area contributed by atoms with Gasteiger partial charge in [-0.05, 0) is 49.2 Å². The Kier molecular flexibility index (Phi) is 5.43. The maximum absolute atomic E-state index is 12.7. The van der Waals surface area contributed by atoms with Crippen LogP contribution in [0.25, 0.3) is 11.0 Å². The Labute approximate surface area is 171 Å². The molecule has 1 atom stereocenters. The number of carbonyl (C=O) groups excluding carboxylic acids is 2. The van der Waals surface area contributed by atoms with Gasteiger partial charge in [0.25, 0.3) is 5.91 Å². The summed E-state index contributed by atoms with van der Waals surface area (Å²) < 4.78 is 0.921. The highest BCUT2D eigenvalue weighted by atomic mass is 79.9. The number of para-hydroxylation sites is 2. The minimum Gasteiger partial charge on any atom is -0.352 e. The third-order valence-corrected chi connectivity index (χ3v) is 5.56. The zero-order valence-corrected chi connectivity index (χ0v) is 16.9. The van der Waals surface area contributed by atoms with Crippen LogP contribution in [0.4, 0.5) is 0 Å². The zero-order valence-electron chi connectivity index (χ0n) is 15.3. The van der Waals surface area contributed by atoms with Gasteiger partial charge in [-0.15, -0.1) is 0 Å². The molecule has 4 rings (SSSR count). The van der Waals surface area contributed by atoms with Crippen molar-refractivity contribution in [2.75, 3.05) is 13.1 Å². The molecule has 0 saturated carbocycles. The number of fused-ring (bicyclic) bond motifs is 1. The molecule has 0 bridgehead atoms. The zero-order chi connectivity index (χ0) is 19.5. The first-order chi connectivity index (χ1) is 13.6. The number of rotatable bonds is 5. The van der Waals surface area contributed by atoms with Crippen LogP contribution in [-0.2, 0) is 4.79 Å². The van der Waals surface area contributed by atoms with Gasteiger partial charge in [0.1, 0.15) is 5.82 Å². The van der Waals surface area contributed by atoms with Crippen molar-refractivity contribution in [2.24, 2.45) is 0 Å². The van der Waals surface area contributed by atoms with Gasteiger partial charge in [-0.3, -0.25) is 9.59 Å². The normalized spacial score (nSPS) is 16.5. The maximum atomic E-state index is 12.7. The quantitative estimate of drug-likeness (QED) is 0.632. The minimum atomic E-state index is -0.171. The number of amides is 2. The van der Waals surface area contributed by atoms with E-state index in [0.29, 0.717) is 12.1 Å². The first-order valence-electron chi connectivity index (χ1n) is 9.40. The number of nitrogens with zero attached hydrogens (tertiary/aromatic N) is 2. The van der Waals surface area contributed by atoms with Crippen LogP contribution >= 0.6 is 15.9 Å². The Hall–Kier alpha value is -2.67. The molecule has 6 nitrogen and oxygen atoms in total. The van der Waals surface area contributed by atoms with Gasteiger partial charge in [0.05, 0.1) is 17.1 Å². The molecule has 1 aromatic heterocycles. The highest BCUT2D eigenvalue weighted by Gasteiger charge is 2.31. The van der Waals surface area contributed by atoms with Crippen molar-refractivity contribution >= 4 is 38.8 Å². The third-order valence-electron chi connectivity index (χ3n) is 5.03. The lowest BCUT2D eigenvalue weighted by Crippen LogP contribution is -2.34. The number of aromatic nitrogens is 2. The van der Waals surface area contributed by atoms with E-state index in [4.69, 9.17) is 0 Å². The molecular weight excluding hydrogens is 420 g/mol. The van der Waals surface area contributed by atoms with E-state index in [9.17, 15) is 9.59 Å². The minimum absolute atomic E-state index is 0.0259. The second-order valence-electron chi connectivity index (χ2n) is 6.90. The van der Waals surface area contributed by atoms with Crippen LogP contribution in [0, 0.1) is 0 Å². The van der Waals surface area contributed by atoms with Crippen LogP contribution in [0.1, 0.15) is 41.5 Å². The number of likely N-dealkylation sites (tertiary alicyclic amines) is 1. The Bertz CT molecular complexity index is 966. The number of nitrogens with one attached hydrogen (secondary N) is 2. The van der Waals surface area contributed by atoms with E-state index in [1.54, 1.807) is 12.1 Å².